The number of anilines is 1. The van der Waals surface area contributed by atoms with E-state index in [1.54, 1.807) is 7.11 Å². The van der Waals surface area contributed by atoms with Crippen LogP contribution in [0.5, 0.6) is 0 Å². The van der Waals surface area contributed by atoms with E-state index in [1.165, 1.54) is 12.8 Å². The lowest BCUT2D eigenvalue weighted by Crippen LogP contribution is -2.12. The van der Waals surface area contributed by atoms with E-state index in [4.69, 9.17) is 10.5 Å². The van der Waals surface area contributed by atoms with Crippen LogP contribution >= 0.6 is 0 Å². The first-order valence-electron chi connectivity index (χ1n) is 5.27. The number of rotatable bonds is 3. The zero-order valence-corrected chi connectivity index (χ0v) is 9.45. The van der Waals surface area contributed by atoms with Gasteiger partial charge in [0.15, 0.2) is 5.82 Å². The maximum absolute atomic E-state index is 5.83. The van der Waals surface area contributed by atoms with Gasteiger partial charge in [0.05, 0.1) is 0 Å². The first kappa shape index (κ1) is 10.4. The second-order valence-corrected chi connectivity index (χ2v) is 4.17. The predicted octanol–water partition coefficient (Wildman–Crippen LogP) is 1.77. The van der Waals surface area contributed by atoms with E-state index in [0.29, 0.717) is 11.7 Å². The van der Waals surface area contributed by atoms with Gasteiger partial charge >= 0.3 is 0 Å². The van der Waals surface area contributed by atoms with Gasteiger partial charge < -0.3 is 10.5 Å². The van der Waals surface area contributed by atoms with Crippen molar-refractivity contribution < 1.29 is 4.74 Å². The summed E-state index contributed by atoms with van der Waals surface area (Å²) in [6.45, 7) is 3.89. The second kappa shape index (κ2) is 3.77. The number of methoxy groups -OCH3 is 1. The molecule has 82 valence electrons. The SMILES string of the molecule is COC(c1nc(C)c(C)c(N)n1)C1CC1. The molecule has 1 fully saturated rings. The van der Waals surface area contributed by atoms with E-state index < -0.39 is 0 Å². The zero-order chi connectivity index (χ0) is 11.0. The average Bonchev–Trinajstić information content (AvgIpc) is 2.99. The van der Waals surface area contributed by atoms with Crippen molar-refractivity contribution in [2.45, 2.75) is 32.8 Å². The molecular weight excluding hydrogens is 190 g/mol. The lowest BCUT2D eigenvalue weighted by atomic mass is 10.2. The number of nitrogens with zero attached hydrogens (tertiary/aromatic N) is 2. The highest BCUT2D eigenvalue weighted by molar-refractivity contribution is 5.40. The van der Waals surface area contributed by atoms with Crippen LogP contribution in [-0.2, 0) is 4.74 Å². The minimum Gasteiger partial charge on any atom is -0.383 e. The van der Waals surface area contributed by atoms with Crippen molar-refractivity contribution in [3.8, 4) is 0 Å². The molecule has 2 rings (SSSR count). The molecule has 0 saturated heterocycles. The smallest absolute Gasteiger partial charge is 0.160 e. The topological polar surface area (TPSA) is 61.0 Å². The fraction of sp³-hybridized carbons (Fsp3) is 0.636. The molecule has 0 aromatic carbocycles. The second-order valence-electron chi connectivity index (χ2n) is 4.17. The van der Waals surface area contributed by atoms with Crippen LogP contribution in [0.15, 0.2) is 0 Å². The Morgan fingerprint density at radius 2 is 2.00 bits per heavy atom. The minimum atomic E-state index is 0.0200. The summed E-state index contributed by atoms with van der Waals surface area (Å²) in [6, 6.07) is 0. The van der Waals surface area contributed by atoms with Crippen molar-refractivity contribution in [1.29, 1.82) is 0 Å². The molecule has 4 heteroatoms. The third kappa shape index (κ3) is 1.95. The zero-order valence-electron chi connectivity index (χ0n) is 9.45. The van der Waals surface area contributed by atoms with Gasteiger partial charge in [0.2, 0.25) is 0 Å². The van der Waals surface area contributed by atoms with Gasteiger partial charge in [0, 0.05) is 18.4 Å². The Morgan fingerprint density at radius 3 is 2.47 bits per heavy atom. The molecule has 0 radical (unpaired) electrons. The van der Waals surface area contributed by atoms with Crippen molar-refractivity contribution in [2.75, 3.05) is 12.8 Å². The van der Waals surface area contributed by atoms with Gasteiger partial charge in [-0.25, -0.2) is 9.97 Å². The summed E-state index contributed by atoms with van der Waals surface area (Å²) in [5.41, 5.74) is 7.73. The fourth-order valence-electron chi connectivity index (χ4n) is 1.71. The standard InChI is InChI=1S/C11H17N3O/c1-6-7(2)13-11(14-10(6)12)9(15-3)8-4-5-8/h8-9H,4-5H2,1-3H3,(H2,12,13,14). The molecule has 1 aromatic rings. The molecule has 0 spiro atoms. The highest BCUT2D eigenvalue weighted by Crippen LogP contribution is 2.42. The number of nitrogens with two attached hydrogens (primary N) is 1. The van der Waals surface area contributed by atoms with Gasteiger partial charge in [-0.3, -0.25) is 0 Å². The van der Waals surface area contributed by atoms with Crippen molar-refractivity contribution >= 4 is 5.82 Å². The summed E-state index contributed by atoms with van der Waals surface area (Å²) in [5, 5.41) is 0. The molecule has 2 N–H and O–H groups in total. The lowest BCUT2D eigenvalue weighted by Gasteiger charge is -2.15. The summed E-state index contributed by atoms with van der Waals surface area (Å²) < 4.78 is 5.43. The largest absolute Gasteiger partial charge is 0.383 e. The van der Waals surface area contributed by atoms with Crippen LogP contribution in [0.4, 0.5) is 5.82 Å². The van der Waals surface area contributed by atoms with Crippen LogP contribution in [0.1, 0.15) is 36.0 Å². The normalized spacial score (nSPS) is 17.8. The summed E-state index contributed by atoms with van der Waals surface area (Å²) in [4.78, 5) is 8.76. The monoisotopic (exact) mass is 207 g/mol. The lowest BCUT2D eigenvalue weighted by molar-refractivity contribution is 0.0771. The summed E-state index contributed by atoms with van der Waals surface area (Å²) in [6.07, 6.45) is 2.43. The van der Waals surface area contributed by atoms with Crippen LogP contribution in [0, 0.1) is 19.8 Å². The molecule has 0 bridgehead atoms. The van der Waals surface area contributed by atoms with E-state index in [9.17, 15) is 0 Å². The molecule has 0 amide bonds. The molecule has 1 aliphatic carbocycles. The van der Waals surface area contributed by atoms with Crippen molar-refractivity contribution in [1.82, 2.24) is 9.97 Å². The Kier molecular flexibility index (Phi) is 2.61. The number of ether oxygens (including phenoxy) is 1. The van der Waals surface area contributed by atoms with E-state index in [0.717, 1.165) is 17.1 Å². The van der Waals surface area contributed by atoms with Gasteiger partial charge in [-0.05, 0) is 32.6 Å². The summed E-state index contributed by atoms with van der Waals surface area (Å²) in [5.74, 6) is 1.89. The third-order valence-corrected chi connectivity index (χ3v) is 3.00. The Labute approximate surface area is 89.9 Å². The molecular formula is C11H17N3O. The summed E-state index contributed by atoms with van der Waals surface area (Å²) >= 11 is 0. The van der Waals surface area contributed by atoms with E-state index >= 15 is 0 Å². The molecule has 0 aliphatic heterocycles. The number of hydrogen-bond donors (Lipinski definition) is 1. The van der Waals surface area contributed by atoms with Crippen molar-refractivity contribution in [3.63, 3.8) is 0 Å². The first-order chi connectivity index (χ1) is 7.13. The molecule has 1 aliphatic rings. The Morgan fingerprint density at radius 1 is 1.33 bits per heavy atom. The van der Waals surface area contributed by atoms with E-state index in [2.05, 4.69) is 9.97 Å². The predicted molar refractivity (Wildman–Crippen MR) is 58.4 cm³/mol. The fourth-order valence-corrected chi connectivity index (χ4v) is 1.71. The Hall–Kier alpha value is -1.16. The molecule has 1 atom stereocenters. The molecule has 4 nitrogen and oxygen atoms in total. The molecule has 1 unspecified atom stereocenters. The van der Waals surface area contributed by atoms with Gasteiger partial charge in [-0.2, -0.15) is 0 Å². The average molecular weight is 207 g/mol. The Bertz CT molecular complexity index is 351. The van der Waals surface area contributed by atoms with Crippen molar-refractivity contribution in [3.05, 3.63) is 17.1 Å². The minimum absolute atomic E-state index is 0.0200. The van der Waals surface area contributed by atoms with Crippen LogP contribution in [0.2, 0.25) is 0 Å². The number of aryl methyl sites for hydroxylation is 1. The van der Waals surface area contributed by atoms with E-state index in [1.807, 2.05) is 13.8 Å². The van der Waals surface area contributed by atoms with Crippen LogP contribution < -0.4 is 5.73 Å². The highest BCUT2D eigenvalue weighted by Gasteiger charge is 2.34. The third-order valence-electron chi connectivity index (χ3n) is 3.00. The Balaban J connectivity index is 2.34. The summed E-state index contributed by atoms with van der Waals surface area (Å²) in [7, 11) is 1.71. The van der Waals surface area contributed by atoms with Crippen LogP contribution in [-0.4, -0.2) is 17.1 Å². The number of aromatic nitrogens is 2. The molecule has 1 saturated carbocycles. The number of hydrogen-bond acceptors (Lipinski definition) is 4. The first-order valence-corrected chi connectivity index (χ1v) is 5.27. The van der Waals surface area contributed by atoms with Gasteiger partial charge in [-0.15, -0.1) is 0 Å². The number of nitrogen functional groups attached to an aromatic ring is 1. The van der Waals surface area contributed by atoms with Gasteiger partial charge in [0.1, 0.15) is 11.9 Å². The molecule has 1 aromatic heterocycles. The maximum atomic E-state index is 5.83. The maximum Gasteiger partial charge on any atom is 0.160 e. The van der Waals surface area contributed by atoms with Gasteiger partial charge in [0.25, 0.3) is 0 Å². The quantitative estimate of drug-likeness (QED) is 0.820. The molecule has 1 heterocycles. The van der Waals surface area contributed by atoms with Crippen LogP contribution in [0.25, 0.3) is 0 Å². The highest BCUT2D eigenvalue weighted by atomic mass is 16.5. The van der Waals surface area contributed by atoms with Gasteiger partial charge in [-0.1, -0.05) is 0 Å². The van der Waals surface area contributed by atoms with Crippen molar-refractivity contribution in [2.24, 2.45) is 5.92 Å². The van der Waals surface area contributed by atoms with Crippen LogP contribution in [0.3, 0.4) is 0 Å². The van der Waals surface area contributed by atoms with E-state index in [-0.39, 0.29) is 6.10 Å². The molecule has 15 heavy (non-hydrogen) atoms.